The van der Waals surface area contributed by atoms with E-state index in [-0.39, 0.29) is 24.3 Å². The number of ether oxygens (including phenoxy) is 2. The maximum Gasteiger partial charge on any atom is 0.410 e. The lowest BCUT2D eigenvalue weighted by Crippen LogP contribution is -2.51. The van der Waals surface area contributed by atoms with Gasteiger partial charge in [-0.15, -0.1) is 0 Å². The fraction of sp³-hybridized carbons (Fsp3) is 0.905. The first-order chi connectivity index (χ1) is 12.7. The van der Waals surface area contributed by atoms with E-state index < -0.39 is 5.60 Å². The molecule has 5 fully saturated rings. The van der Waals surface area contributed by atoms with Crippen molar-refractivity contribution in [3.8, 4) is 0 Å². The van der Waals surface area contributed by atoms with Crippen LogP contribution >= 0.6 is 0 Å². The van der Waals surface area contributed by atoms with Crippen molar-refractivity contribution >= 4 is 12.2 Å². The van der Waals surface area contributed by atoms with Crippen molar-refractivity contribution < 1.29 is 19.1 Å². The van der Waals surface area contributed by atoms with E-state index in [4.69, 9.17) is 9.47 Å². The second kappa shape index (κ2) is 6.85. The molecule has 0 aromatic rings. The van der Waals surface area contributed by atoms with Crippen molar-refractivity contribution in [1.82, 2.24) is 9.80 Å². The van der Waals surface area contributed by atoms with Crippen LogP contribution in [0.1, 0.15) is 59.3 Å². The lowest BCUT2D eigenvalue weighted by molar-refractivity contribution is -0.102. The Morgan fingerprint density at radius 1 is 1.00 bits per heavy atom. The van der Waals surface area contributed by atoms with E-state index in [0.29, 0.717) is 24.9 Å². The molecule has 1 saturated heterocycles. The molecule has 27 heavy (non-hydrogen) atoms. The lowest BCUT2D eigenvalue weighted by Gasteiger charge is -2.53. The van der Waals surface area contributed by atoms with Crippen LogP contribution in [0.15, 0.2) is 0 Å². The van der Waals surface area contributed by atoms with Gasteiger partial charge < -0.3 is 19.3 Å². The molecule has 2 amide bonds. The van der Waals surface area contributed by atoms with Gasteiger partial charge in [0, 0.05) is 20.1 Å². The van der Waals surface area contributed by atoms with Crippen LogP contribution in [0.4, 0.5) is 9.59 Å². The van der Waals surface area contributed by atoms with E-state index in [1.54, 1.807) is 16.8 Å². The molecule has 6 nitrogen and oxygen atoms in total. The number of likely N-dealkylation sites (N-methyl/N-ethyl adjacent to an activating group) is 1. The molecule has 4 aliphatic carbocycles. The van der Waals surface area contributed by atoms with Crippen molar-refractivity contribution in [3.05, 3.63) is 0 Å². The summed E-state index contributed by atoms with van der Waals surface area (Å²) in [4.78, 5) is 28.4. The minimum atomic E-state index is -0.512. The second-order valence-corrected chi connectivity index (χ2v) is 10.3. The highest BCUT2D eigenvalue weighted by atomic mass is 16.6. The fourth-order valence-electron chi connectivity index (χ4n) is 5.97. The number of rotatable bonds is 2. The molecule has 0 spiro atoms. The second-order valence-electron chi connectivity index (χ2n) is 10.3. The number of nitrogens with zero attached hydrogens (tertiary/aromatic N) is 2. The maximum atomic E-state index is 12.8. The number of carbonyl (C=O) groups excluding carboxylic acids is 2. The van der Waals surface area contributed by atoms with Crippen LogP contribution in [0, 0.1) is 23.7 Å². The summed E-state index contributed by atoms with van der Waals surface area (Å²) in [5.74, 6) is 2.91. The summed E-state index contributed by atoms with van der Waals surface area (Å²) < 4.78 is 11.5. The first kappa shape index (κ1) is 18.9. The van der Waals surface area contributed by atoms with Crippen molar-refractivity contribution in [1.29, 1.82) is 0 Å². The zero-order valence-corrected chi connectivity index (χ0v) is 17.1. The SMILES string of the molecule is CN(C(=O)OC(C)(C)C)[C@@H]1CCN(C(=O)OC2C3CC4CC(C3)CC2C4)C1. The number of likely N-dealkylation sites (tertiary alicyclic amines) is 1. The van der Waals surface area contributed by atoms with Crippen LogP contribution in [-0.2, 0) is 9.47 Å². The highest BCUT2D eigenvalue weighted by Gasteiger charge is 2.50. The third-order valence-electron chi connectivity index (χ3n) is 7.03. The van der Waals surface area contributed by atoms with Crippen molar-refractivity contribution in [3.63, 3.8) is 0 Å². The quantitative estimate of drug-likeness (QED) is 0.731. The van der Waals surface area contributed by atoms with Gasteiger partial charge in [0.05, 0.1) is 6.04 Å². The molecule has 0 radical (unpaired) electrons. The van der Waals surface area contributed by atoms with Gasteiger partial charge >= 0.3 is 12.2 Å². The van der Waals surface area contributed by atoms with Gasteiger partial charge in [-0.3, -0.25) is 0 Å². The van der Waals surface area contributed by atoms with Crippen molar-refractivity contribution in [2.45, 2.75) is 77.0 Å². The zero-order valence-electron chi connectivity index (χ0n) is 17.1. The molecular weight excluding hydrogens is 344 g/mol. The normalized spacial score (nSPS) is 37.4. The molecule has 0 aromatic carbocycles. The van der Waals surface area contributed by atoms with Crippen molar-refractivity contribution in [2.24, 2.45) is 23.7 Å². The van der Waals surface area contributed by atoms with Gasteiger partial charge in [-0.1, -0.05) is 0 Å². The van der Waals surface area contributed by atoms with Crippen LogP contribution in [0.3, 0.4) is 0 Å². The summed E-state index contributed by atoms with van der Waals surface area (Å²) in [5, 5.41) is 0. The number of amides is 2. The Morgan fingerprint density at radius 2 is 1.59 bits per heavy atom. The average Bonchev–Trinajstić information content (AvgIpc) is 3.05. The van der Waals surface area contributed by atoms with E-state index in [2.05, 4.69) is 0 Å². The summed E-state index contributed by atoms with van der Waals surface area (Å²) in [6, 6.07) is -0.00843. The molecule has 152 valence electrons. The molecule has 5 rings (SSSR count). The minimum Gasteiger partial charge on any atom is -0.446 e. The summed E-state index contributed by atoms with van der Waals surface area (Å²) in [5.41, 5.74) is -0.512. The Bertz CT molecular complexity index is 571. The van der Waals surface area contributed by atoms with E-state index >= 15 is 0 Å². The van der Waals surface area contributed by atoms with Crippen LogP contribution in [-0.4, -0.2) is 59.9 Å². The van der Waals surface area contributed by atoms with Crippen LogP contribution in [0.5, 0.6) is 0 Å². The molecule has 0 aromatic heterocycles. The summed E-state index contributed by atoms with van der Waals surface area (Å²) in [6.45, 7) is 6.76. The van der Waals surface area contributed by atoms with E-state index in [0.717, 1.165) is 18.3 Å². The average molecular weight is 379 g/mol. The van der Waals surface area contributed by atoms with E-state index in [1.807, 2.05) is 20.8 Å². The molecule has 1 atom stereocenters. The molecule has 4 saturated carbocycles. The Labute approximate surface area is 162 Å². The molecule has 5 aliphatic rings. The minimum absolute atomic E-state index is 0.00843. The molecule has 0 unspecified atom stereocenters. The molecule has 0 N–H and O–H groups in total. The molecule has 1 aliphatic heterocycles. The predicted molar refractivity (Wildman–Crippen MR) is 101 cm³/mol. The fourth-order valence-corrected chi connectivity index (χ4v) is 5.97. The predicted octanol–water partition coefficient (Wildman–Crippen LogP) is 3.89. The van der Waals surface area contributed by atoms with Gasteiger partial charge in [0.1, 0.15) is 11.7 Å². The Morgan fingerprint density at radius 3 is 2.15 bits per heavy atom. The summed E-state index contributed by atoms with van der Waals surface area (Å²) >= 11 is 0. The van der Waals surface area contributed by atoms with Gasteiger partial charge in [0.2, 0.25) is 0 Å². The molecule has 4 bridgehead atoms. The third-order valence-corrected chi connectivity index (χ3v) is 7.03. The lowest BCUT2D eigenvalue weighted by atomic mass is 9.55. The molecule has 6 heteroatoms. The van der Waals surface area contributed by atoms with Crippen LogP contribution in [0.2, 0.25) is 0 Å². The largest absolute Gasteiger partial charge is 0.446 e. The molecule has 1 heterocycles. The summed E-state index contributed by atoms with van der Waals surface area (Å²) in [7, 11) is 1.76. The van der Waals surface area contributed by atoms with Gasteiger partial charge in [-0.25, -0.2) is 9.59 Å². The maximum absolute atomic E-state index is 12.8. The van der Waals surface area contributed by atoms with E-state index in [1.165, 1.54) is 32.1 Å². The van der Waals surface area contributed by atoms with E-state index in [9.17, 15) is 9.59 Å². The number of hydrogen-bond donors (Lipinski definition) is 0. The first-order valence-corrected chi connectivity index (χ1v) is 10.6. The Hall–Kier alpha value is -1.46. The van der Waals surface area contributed by atoms with Crippen molar-refractivity contribution in [2.75, 3.05) is 20.1 Å². The Balaban J connectivity index is 1.30. The summed E-state index contributed by atoms with van der Waals surface area (Å²) in [6.07, 6.45) is 6.75. The monoisotopic (exact) mass is 378 g/mol. The smallest absolute Gasteiger partial charge is 0.410 e. The van der Waals surface area contributed by atoms with Gasteiger partial charge in [-0.05, 0) is 83.0 Å². The van der Waals surface area contributed by atoms with Crippen LogP contribution in [0.25, 0.3) is 0 Å². The van der Waals surface area contributed by atoms with Gasteiger partial charge in [0.25, 0.3) is 0 Å². The number of carbonyl (C=O) groups is 2. The zero-order chi connectivity index (χ0) is 19.3. The highest BCUT2D eigenvalue weighted by Crippen LogP contribution is 2.54. The first-order valence-electron chi connectivity index (χ1n) is 10.6. The topological polar surface area (TPSA) is 59.1 Å². The highest BCUT2D eigenvalue weighted by molar-refractivity contribution is 5.70. The third kappa shape index (κ3) is 3.90. The number of hydrogen-bond acceptors (Lipinski definition) is 4. The Kier molecular flexibility index (Phi) is 4.79. The van der Waals surface area contributed by atoms with Gasteiger partial charge in [0.15, 0.2) is 0 Å². The standard InChI is InChI=1S/C21H34N2O4/c1-21(2,3)27-19(24)22(4)17-5-6-23(12-17)20(25)26-18-15-8-13-7-14(10-15)11-16(18)9-13/h13-18H,5-12H2,1-4H3/t13?,14?,15?,16?,17-,18?/m1/s1. The molecular formula is C21H34N2O4. The van der Waals surface area contributed by atoms with Crippen LogP contribution < -0.4 is 0 Å². The van der Waals surface area contributed by atoms with Gasteiger partial charge in [-0.2, -0.15) is 0 Å².